The molecule has 0 saturated heterocycles. The molecule has 110 valence electrons. The molecule has 2 aromatic rings. The summed E-state index contributed by atoms with van der Waals surface area (Å²) in [6.45, 7) is 1.69. The lowest BCUT2D eigenvalue weighted by atomic mass is 10.3. The van der Waals surface area contributed by atoms with Crippen molar-refractivity contribution >= 4 is 21.4 Å². The van der Waals surface area contributed by atoms with Crippen molar-refractivity contribution in [1.29, 1.82) is 0 Å². The number of nitro groups is 1. The molecule has 0 radical (unpaired) electrons. The van der Waals surface area contributed by atoms with Gasteiger partial charge in [-0.05, 0) is 30.7 Å². The van der Waals surface area contributed by atoms with Crippen LogP contribution in [0.1, 0.15) is 5.56 Å². The number of hydrogen-bond donors (Lipinski definition) is 2. The topological polar surface area (TPSA) is 122 Å². The number of nitrogens with one attached hydrogen (secondary N) is 1. The van der Waals surface area contributed by atoms with Crippen LogP contribution in [0.2, 0.25) is 0 Å². The molecule has 2 rings (SSSR count). The van der Waals surface area contributed by atoms with Crippen LogP contribution in [0, 0.1) is 17.0 Å². The summed E-state index contributed by atoms with van der Waals surface area (Å²) in [5.41, 5.74) is 0.246. The molecule has 1 aromatic heterocycles. The van der Waals surface area contributed by atoms with E-state index in [9.17, 15) is 23.6 Å². The Hall–Kier alpha value is -2.68. The summed E-state index contributed by atoms with van der Waals surface area (Å²) in [5.74, 6) is -0.600. The second-order valence-corrected chi connectivity index (χ2v) is 5.89. The van der Waals surface area contributed by atoms with Crippen molar-refractivity contribution < 1.29 is 18.4 Å². The Kier molecular flexibility index (Phi) is 3.76. The molecular weight excluding hydrogens is 298 g/mol. The largest absolute Gasteiger partial charge is 0.502 e. The minimum atomic E-state index is -4.01. The molecule has 0 saturated carbocycles. The number of nitro benzene ring substituents is 1. The van der Waals surface area contributed by atoms with Gasteiger partial charge in [0, 0.05) is 12.3 Å². The first-order chi connectivity index (χ1) is 9.81. The van der Waals surface area contributed by atoms with Crippen LogP contribution in [0.25, 0.3) is 0 Å². The molecule has 0 atom stereocenters. The number of nitrogens with zero attached hydrogens (tertiary/aromatic N) is 2. The molecule has 0 fully saturated rings. The quantitative estimate of drug-likeness (QED) is 0.656. The molecule has 2 N–H and O–H groups in total. The highest BCUT2D eigenvalue weighted by atomic mass is 32.2. The van der Waals surface area contributed by atoms with Gasteiger partial charge in [0.15, 0.2) is 5.75 Å². The van der Waals surface area contributed by atoms with Gasteiger partial charge < -0.3 is 5.11 Å². The number of anilines is 1. The summed E-state index contributed by atoms with van der Waals surface area (Å²) < 4.78 is 26.7. The molecule has 1 heterocycles. The zero-order chi connectivity index (χ0) is 15.6. The maximum atomic E-state index is 12.2. The second-order valence-electron chi connectivity index (χ2n) is 4.20. The van der Waals surface area contributed by atoms with Crippen molar-refractivity contribution in [2.45, 2.75) is 11.8 Å². The van der Waals surface area contributed by atoms with E-state index in [0.717, 1.165) is 18.2 Å². The molecule has 0 spiro atoms. The Morgan fingerprint density at radius 2 is 2.05 bits per heavy atom. The maximum absolute atomic E-state index is 12.2. The Morgan fingerprint density at radius 3 is 2.67 bits per heavy atom. The van der Waals surface area contributed by atoms with Crippen molar-refractivity contribution in [3.8, 4) is 5.75 Å². The van der Waals surface area contributed by atoms with Gasteiger partial charge in [-0.15, -0.1) is 0 Å². The summed E-state index contributed by atoms with van der Waals surface area (Å²) in [7, 11) is -4.01. The summed E-state index contributed by atoms with van der Waals surface area (Å²) in [4.78, 5) is 13.4. The molecule has 0 amide bonds. The third-order valence-electron chi connectivity index (χ3n) is 2.74. The highest BCUT2D eigenvalue weighted by molar-refractivity contribution is 7.92. The van der Waals surface area contributed by atoms with Crippen LogP contribution < -0.4 is 4.72 Å². The number of aromatic nitrogens is 1. The first-order valence-electron chi connectivity index (χ1n) is 5.72. The van der Waals surface area contributed by atoms with E-state index in [4.69, 9.17) is 0 Å². The molecule has 0 unspecified atom stereocenters. The molecule has 1 aromatic carbocycles. The highest BCUT2D eigenvalue weighted by Gasteiger charge is 2.21. The first-order valence-corrected chi connectivity index (χ1v) is 7.20. The number of aryl methyl sites for hydroxylation is 1. The van der Waals surface area contributed by atoms with Crippen LogP contribution in [-0.2, 0) is 10.0 Å². The molecule has 0 aliphatic heterocycles. The number of phenolic OH excluding ortho intramolecular Hbond substituents is 1. The molecule has 8 nitrogen and oxygen atoms in total. The third-order valence-corrected chi connectivity index (χ3v) is 4.10. The lowest BCUT2D eigenvalue weighted by molar-refractivity contribution is -0.386. The Bertz CT molecular complexity index is 804. The highest BCUT2D eigenvalue weighted by Crippen LogP contribution is 2.29. The van der Waals surface area contributed by atoms with Crippen molar-refractivity contribution in [2.24, 2.45) is 0 Å². The Labute approximate surface area is 120 Å². The van der Waals surface area contributed by atoms with E-state index in [1.165, 1.54) is 12.4 Å². The fourth-order valence-electron chi connectivity index (χ4n) is 1.59. The summed E-state index contributed by atoms with van der Waals surface area (Å²) in [6, 6.07) is 4.46. The Balaban J connectivity index is 2.43. The molecule has 0 aliphatic rings. The van der Waals surface area contributed by atoms with Crippen molar-refractivity contribution in [3.63, 3.8) is 0 Å². The number of pyridine rings is 1. The van der Waals surface area contributed by atoms with E-state index in [1.54, 1.807) is 13.0 Å². The number of benzene rings is 1. The predicted molar refractivity (Wildman–Crippen MR) is 74.5 cm³/mol. The third kappa shape index (κ3) is 3.08. The van der Waals surface area contributed by atoms with Crippen LogP contribution in [0.15, 0.2) is 41.6 Å². The maximum Gasteiger partial charge on any atom is 0.312 e. The average Bonchev–Trinajstić information content (AvgIpc) is 2.41. The van der Waals surface area contributed by atoms with E-state index >= 15 is 0 Å². The van der Waals surface area contributed by atoms with E-state index in [1.807, 2.05) is 0 Å². The summed E-state index contributed by atoms with van der Waals surface area (Å²) in [5, 5.41) is 20.1. The lowest BCUT2D eigenvalue weighted by Gasteiger charge is -2.10. The predicted octanol–water partition coefficient (Wildman–Crippen LogP) is 1.80. The van der Waals surface area contributed by atoms with Gasteiger partial charge in [0.05, 0.1) is 21.7 Å². The van der Waals surface area contributed by atoms with E-state index in [0.29, 0.717) is 5.56 Å². The van der Waals surface area contributed by atoms with Gasteiger partial charge in [0.2, 0.25) is 0 Å². The van der Waals surface area contributed by atoms with Gasteiger partial charge in [-0.3, -0.25) is 19.8 Å². The van der Waals surface area contributed by atoms with Gasteiger partial charge >= 0.3 is 5.69 Å². The molecular formula is C12H11N3O5S. The standard InChI is InChI=1S/C12H11N3O5S/c1-8-4-5-13-7-10(8)14-21(19,20)9-2-3-12(16)11(6-9)15(17)18/h2-7,14,16H,1H3. The van der Waals surface area contributed by atoms with Gasteiger partial charge in [0.25, 0.3) is 10.0 Å². The molecule has 9 heteroatoms. The lowest BCUT2D eigenvalue weighted by Crippen LogP contribution is -2.14. The number of sulfonamides is 1. The number of aromatic hydroxyl groups is 1. The van der Waals surface area contributed by atoms with E-state index in [2.05, 4.69) is 9.71 Å². The smallest absolute Gasteiger partial charge is 0.312 e. The summed E-state index contributed by atoms with van der Waals surface area (Å²) in [6.07, 6.45) is 2.85. The van der Waals surface area contributed by atoms with Crippen LogP contribution in [0.4, 0.5) is 11.4 Å². The minimum Gasteiger partial charge on any atom is -0.502 e. The Morgan fingerprint density at radius 1 is 1.33 bits per heavy atom. The minimum absolute atomic E-state index is 0.272. The van der Waals surface area contributed by atoms with Crippen LogP contribution in [0.5, 0.6) is 5.75 Å². The van der Waals surface area contributed by atoms with Crippen molar-refractivity contribution in [1.82, 2.24) is 4.98 Å². The molecule has 0 aliphatic carbocycles. The summed E-state index contributed by atoms with van der Waals surface area (Å²) >= 11 is 0. The van der Waals surface area contributed by atoms with Gasteiger partial charge in [-0.25, -0.2) is 8.42 Å². The zero-order valence-electron chi connectivity index (χ0n) is 10.8. The van der Waals surface area contributed by atoms with Crippen LogP contribution >= 0.6 is 0 Å². The number of rotatable bonds is 4. The SMILES string of the molecule is Cc1ccncc1NS(=O)(=O)c1ccc(O)c([N+](=O)[O-])c1. The molecule has 0 bridgehead atoms. The first kappa shape index (κ1) is 14.7. The fraction of sp³-hybridized carbons (Fsp3) is 0.0833. The fourth-order valence-corrected chi connectivity index (χ4v) is 2.73. The van der Waals surface area contributed by atoms with Crippen LogP contribution in [0.3, 0.4) is 0 Å². The van der Waals surface area contributed by atoms with Gasteiger partial charge in [-0.1, -0.05) is 0 Å². The van der Waals surface area contributed by atoms with Gasteiger partial charge in [-0.2, -0.15) is 0 Å². The normalized spacial score (nSPS) is 11.1. The number of phenols is 1. The van der Waals surface area contributed by atoms with E-state index < -0.39 is 26.4 Å². The van der Waals surface area contributed by atoms with Crippen molar-refractivity contribution in [2.75, 3.05) is 4.72 Å². The molecule has 21 heavy (non-hydrogen) atoms. The monoisotopic (exact) mass is 309 g/mol. The second kappa shape index (κ2) is 5.37. The average molecular weight is 309 g/mol. The van der Waals surface area contributed by atoms with E-state index in [-0.39, 0.29) is 10.6 Å². The van der Waals surface area contributed by atoms with Gasteiger partial charge in [0.1, 0.15) is 0 Å². The van der Waals surface area contributed by atoms with Crippen molar-refractivity contribution in [3.05, 3.63) is 52.3 Å². The zero-order valence-corrected chi connectivity index (χ0v) is 11.7. The number of hydrogen-bond acceptors (Lipinski definition) is 6. The van der Waals surface area contributed by atoms with Crippen LogP contribution in [-0.4, -0.2) is 23.4 Å².